The van der Waals surface area contributed by atoms with Crippen LogP contribution in [0.15, 0.2) is 0 Å². The van der Waals surface area contributed by atoms with Crippen LogP contribution in [0.5, 0.6) is 0 Å². The van der Waals surface area contributed by atoms with E-state index in [1.165, 1.54) is 11.5 Å². The van der Waals surface area contributed by atoms with E-state index in [1.54, 1.807) is 0 Å². The average Bonchev–Trinajstić information content (AvgIpc) is 2.17. The molecule has 1 rings (SSSR count). The first-order valence-corrected chi connectivity index (χ1v) is 6.03. The molecule has 1 aliphatic rings. The molecular formula is C9H19N3OS. The Morgan fingerprint density at radius 3 is 2.57 bits per heavy atom. The van der Waals surface area contributed by atoms with Crippen molar-refractivity contribution in [1.29, 1.82) is 0 Å². The molecule has 0 saturated carbocycles. The SMILES string of the molecule is CC(C)(CN1CCSCC1)C(=O)NN. The molecule has 3 N–H and O–H groups in total. The van der Waals surface area contributed by atoms with Crippen molar-refractivity contribution in [2.75, 3.05) is 31.1 Å². The van der Waals surface area contributed by atoms with Gasteiger partial charge in [-0.2, -0.15) is 11.8 Å². The molecule has 0 spiro atoms. The summed E-state index contributed by atoms with van der Waals surface area (Å²) in [7, 11) is 0. The predicted molar refractivity (Wildman–Crippen MR) is 59.9 cm³/mol. The Balaban J connectivity index is 2.44. The molecule has 0 aromatic carbocycles. The fraction of sp³-hybridized carbons (Fsp3) is 0.889. The Morgan fingerprint density at radius 1 is 1.50 bits per heavy atom. The fourth-order valence-electron chi connectivity index (χ4n) is 1.59. The minimum absolute atomic E-state index is 0.0873. The highest BCUT2D eigenvalue weighted by Gasteiger charge is 2.29. The molecule has 14 heavy (non-hydrogen) atoms. The first kappa shape index (κ1) is 11.8. The third-order valence-electron chi connectivity index (χ3n) is 2.47. The Labute approximate surface area is 89.6 Å². The summed E-state index contributed by atoms with van der Waals surface area (Å²) in [4.78, 5) is 13.8. The second-order valence-corrected chi connectivity index (χ2v) is 5.47. The molecule has 0 radical (unpaired) electrons. The summed E-state index contributed by atoms with van der Waals surface area (Å²) in [5.41, 5.74) is 1.83. The van der Waals surface area contributed by atoms with Crippen LogP contribution in [0.1, 0.15) is 13.8 Å². The molecule has 0 atom stereocenters. The van der Waals surface area contributed by atoms with E-state index in [0.717, 1.165) is 19.6 Å². The Bertz CT molecular complexity index is 202. The molecule has 0 aromatic heterocycles. The Kier molecular flexibility index (Phi) is 4.22. The third kappa shape index (κ3) is 3.15. The van der Waals surface area contributed by atoms with Crippen molar-refractivity contribution in [2.24, 2.45) is 11.3 Å². The van der Waals surface area contributed by atoms with E-state index in [-0.39, 0.29) is 5.91 Å². The summed E-state index contributed by atoms with van der Waals surface area (Å²) in [6.07, 6.45) is 0. The minimum Gasteiger partial charge on any atom is -0.301 e. The van der Waals surface area contributed by atoms with Gasteiger partial charge in [0.25, 0.3) is 0 Å². The van der Waals surface area contributed by atoms with Crippen molar-refractivity contribution in [2.45, 2.75) is 13.8 Å². The van der Waals surface area contributed by atoms with E-state index in [1.807, 2.05) is 25.6 Å². The molecule has 0 aromatic rings. The number of nitrogens with two attached hydrogens (primary N) is 1. The number of nitrogens with zero attached hydrogens (tertiary/aromatic N) is 1. The number of amides is 1. The zero-order valence-corrected chi connectivity index (χ0v) is 9.69. The lowest BCUT2D eigenvalue weighted by molar-refractivity contribution is -0.130. The standard InChI is InChI=1S/C9H19N3OS/c1-9(2,8(13)11-10)7-12-3-5-14-6-4-12/h3-7,10H2,1-2H3,(H,11,13). The molecule has 0 unspecified atom stereocenters. The first-order valence-electron chi connectivity index (χ1n) is 4.87. The number of nitrogens with one attached hydrogen (secondary N) is 1. The number of hydrogen-bond donors (Lipinski definition) is 2. The van der Waals surface area contributed by atoms with Crippen LogP contribution >= 0.6 is 11.8 Å². The molecular weight excluding hydrogens is 198 g/mol. The summed E-state index contributed by atoms with van der Waals surface area (Å²) in [6.45, 7) is 6.79. The van der Waals surface area contributed by atoms with Crippen LogP contribution in [0.3, 0.4) is 0 Å². The molecule has 4 nitrogen and oxygen atoms in total. The van der Waals surface area contributed by atoms with Gasteiger partial charge in [-0.25, -0.2) is 5.84 Å². The van der Waals surface area contributed by atoms with Crippen LogP contribution < -0.4 is 11.3 Å². The lowest BCUT2D eigenvalue weighted by Crippen LogP contribution is -2.48. The van der Waals surface area contributed by atoms with Crippen LogP contribution in [0.25, 0.3) is 0 Å². The highest BCUT2D eigenvalue weighted by atomic mass is 32.2. The summed E-state index contributed by atoms with van der Waals surface area (Å²) in [6, 6.07) is 0. The van der Waals surface area contributed by atoms with Gasteiger partial charge in [0.1, 0.15) is 0 Å². The van der Waals surface area contributed by atoms with Gasteiger partial charge in [-0.1, -0.05) is 0 Å². The first-order chi connectivity index (χ1) is 6.56. The van der Waals surface area contributed by atoms with Crippen LogP contribution in [0.2, 0.25) is 0 Å². The number of carbonyl (C=O) groups is 1. The molecule has 0 bridgehead atoms. The third-order valence-corrected chi connectivity index (χ3v) is 3.41. The van der Waals surface area contributed by atoms with Crippen molar-refractivity contribution in [3.05, 3.63) is 0 Å². The zero-order chi connectivity index (χ0) is 10.6. The van der Waals surface area contributed by atoms with E-state index in [2.05, 4.69) is 10.3 Å². The van der Waals surface area contributed by atoms with Crippen LogP contribution in [0, 0.1) is 5.41 Å². The van der Waals surface area contributed by atoms with Gasteiger partial charge in [-0.15, -0.1) is 0 Å². The zero-order valence-electron chi connectivity index (χ0n) is 8.88. The van der Waals surface area contributed by atoms with Gasteiger partial charge in [-0.05, 0) is 13.8 Å². The molecule has 82 valence electrons. The van der Waals surface area contributed by atoms with E-state index in [4.69, 9.17) is 5.84 Å². The molecule has 1 aliphatic heterocycles. The van der Waals surface area contributed by atoms with Gasteiger partial charge in [0.05, 0.1) is 5.41 Å². The van der Waals surface area contributed by atoms with E-state index < -0.39 is 5.41 Å². The smallest absolute Gasteiger partial charge is 0.240 e. The summed E-state index contributed by atoms with van der Waals surface area (Å²) in [5, 5.41) is 0. The van der Waals surface area contributed by atoms with Gasteiger partial charge in [0.15, 0.2) is 0 Å². The van der Waals surface area contributed by atoms with Crippen molar-refractivity contribution in [3.8, 4) is 0 Å². The molecule has 0 aliphatic carbocycles. The Morgan fingerprint density at radius 2 is 2.07 bits per heavy atom. The number of hydrogen-bond acceptors (Lipinski definition) is 4. The highest BCUT2D eigenvalue weighted by Crippen LogP contribution is 2.19. The van der Waals surface area contributed by atoms with E-state index >= 15 is 0 Å². The Hall–Kier alpha value is -0.260. The van der Waals surface area contributed by atoms with E-state index in [0.29, 0.717) is 0 Å². The summed E-state index contributed by atoms with van der Waals surface area (Å²) in [5.74, 6) is 7.39. The van der Waals surface area contributed by atoms with Crippen molar-refractivity contribution in [3.63, 3.8) is 0 Å². The van der Waals surface area contributed by atoms with Crippen LogP contribution in [0.4, 0.5) is 0 Å². The molecule has 1 saturated heterocycles. The molecule has 1 heterocycles. The normalized spacial score (nSPS) is 19.4. The fourth-order valence-corrected chi connectivity index (χ4v) is 2.56. The maximum atomic E-state index is 11.4. The molecule has 5 heteroatoms. The minimum atomic E-state index is -0.392. The number of hydrazine groups is 1. The maximum Gasteiger partial charge on any atom is 0.240 e. The van der Waals surface area contributed by atoms with Gasteiger partial charge in [-0.3, -0.25) is 10.2 Å². The lowest BCUT2D eigenvalue weighted by Gasteiger charge is -2.33. The monoisotopic (exact) mass is 217 g/mol. The van der Waals surface area contributed by atoms with Crippen LogP contribution in [-0.4, -0.2) is 41.9 Å². The van der Waals surface area contributed by atoms with Crippen molar-refractivity contribution < 1.29 is 4.79 Å². The molecule has 1 amide bonds. The van der Waals surface area contributed by atoms with Gasteiger partial charge < -0.3 is 4.90 Å². The van der Waals surface area contributed by atoms with Gasteiger partial charge in [0.2, 0.25) is 5.91 Å². The highest BCUT2D eigenvalue weighted by molar-refractivity contribution is 7.99. The topological polar surface area (TPSA) is 58.4 Å². The summed E-state index contributed by atoms with van der Waals surface area (Å²) >= 11 is 1.97. The van der Waals surface area contributed by atoms with Gasteiger partial charge in [0, 0.05) is 31.1 Å². The largest absolute Gasteiger partial charge is 0.301 e. The predicted octanol–water partition coefficient (Wildman–Crippen LogP) is 0.0513. The second kappa shape index (κ2) is 5.00. The lowest BCUT2D eigenvalue weighted by atomic mass is 9.92. The number of rotatable bonds is 3. The average molecular weight is 217 g/mol. The van der Waals surface area contributed by atoms with Crippen LogP contribution in [-0.2, 0) is 4.79 Å². The number of carbonyl (C=O) groups excluding carboxylic acids is 1. The van der Waals surface area contributed by atoms with Gasteiger partial charge >= 0.3 is 0 Å². The summed E-state index contributed by atoms with van der Waals surface area (Å²) < 4.78 is 0. The molecule has 1 fully saturated rings. The van der Waals surface area contributed by atoms with E-state index in [9.17, 15) is 4.79 Å². The number of thioether (sulfide) groups is 1. The maximum absolute atomic E-state index is 11.4. The second-order valence-electron chi connectivity index (χ2n) is 4.25. The quantitative estimate of drug-likeness (QED) is 0.398. The van der Waals surface area contributed by atoms with Crippen molar-refractivity contribution in [1.82, 2.24) is 10.3 Å². The van der Waals surface area contributed by atoms with Crippen molar-refractivity contribution >= 4 is 17.7 Å².